The maximum absolute atomic E-state index is 7.70. The fraction of sp³-hybridized carbons (Fsp3) is 0.520. The molecule has 4 atom stereocenters. The summed E-state index contributed by atoms with van der Waals surface area (Å²) in [4.78, 5) is 6.40. The topological polar surface area (TPSA) is 72.5 Å². The Morgan fingerprint density at radius 3 is 2.79 bits per heavy atom. The van der Waals surface area contributed by atoms with Crippen molar-refractivity contribution in [2.75, 3.05) is 38.2 Å². The number of aromatic nitrogens is 4. The molecule has 3 fully saturated rings. The molecule has 3 aromatic rings. The lowest BCUT2D eigenvalue weighted by Crippen LogP contribution is -2.30. The van der Waals surface area contributed by atoms with Gasteiger partial charge < -0.3 is 15.0 Å². The van der Waals surface area contributed by atoms with Crippen LogP contribution in [0.15, 0.2) is 30.5 Å². The molecule has 6 rings (SSSR count). The van der Waals surface area contributed by atoms with Crippen LogP contribution in [-0.4, -0.2) is 63.8 Å². The molecule has 8 nitrogen and oxygen atoms in total. The van der Waals surface area contributed by atoms with Crippen molar-refractivity contribution in [1.82, 2.24) is 24.9 Å². The van der Waals surface area contributed by atoms with Gasteiger partial charge in [0, 0.05) is 56.5 Å². The monoisotopic (exact) mass is 443 g/mol. The van der Waals surface area contributed by atoms with Crippen molar-refractivity contribution in [1.29, 1.82) is 0 Å². The van der Waals surface area contributed by atoms with Gasteiger partial charge in [0.15, 0.2) is 5.82 Å². The van der Waals surface area contributed by atoms with Gasteiger partial charge in [-0.25, -0.2) is 4.85 Å². The first kappa shape index (κ1) is 20.6. The van der Waals surface area contributed by atoms with E-state index in [1.165, 1.54) is 26.1 Å². The van der Waals surface area contributed by atoms with E-state index in [0.29, 0.717) is 29.2 Å². The Morgan fingerprint density at radius 2 is 2.03 bits per heavy atom. The fourth-order valence-corrected chi connectivity index (χ4v) is 5.97. The van der Waals surface area contributed by atoms with E-state index in [4.69, 9.17) is 11.3 Å². The van der Waals surface area contributed by atoms with Crippen molar-refractivity contribution in [3.8, 4) is 11.3 Å². The van der Waals surface area contributed by atoms with Crippen molar-refractivity contribution in [2.45, 2.75) is 25.3 Å². The van der Waals surface area contributed by atoms with E-state index >= 15 is 0 Å². The van der Waals surface area contributed by atoms with Crippen LogP contribution in [0.4, 0.5) is 11.5 Å². The Balaban J connectivity index is 1.12. The molecule has 1 aliphatic carbocycles. The first-order valence-corrected chi connectivity index (χ1v) is 11.9. The van der Waals surface area contributed by atoms with Gasteiger partial charge in [0.2, 0.25) is 5.69 Å². The number of anilines is 1. The highest BCUT2D eigenvalue weighted by atomic mass is 16.5. The first-order chi connectivity index (χ1) is 16.1. The number of rotatable bonds is 5. The minimum atomic E-state index is 0.365. The summed E-state index contributed by atoms with van der Waals surface area (Å²) in [5.41, 5.74) is 3.14. The molecule has 0 spiro atoms. The zero-order valence-electron chi connectivity index (χ0n) is 18.9. The average Bonchev–Trinajstić information content (AvgIpc) is 3.58. The molecule has 0 radical (unpaired) electrons. The summed E-state index contributed by atoms with van der Waals surface area (Å²) in [5.74, 6) is 2.80. The highest BCUT2D eigenvalue weighted by Crippen LogP contribution is 2.40. The molecule has 2 saturated heterocycles. The third-order valence-electron chi connectivity index (χ3n) is 7.52. The van der Waals surface area contributed by atoms with Crippen molar-refractivity contribution < 1.29 is 4.74 Å². The molecule has 33 heavy (non-hydrogen) atoms. The third-order valence-corrected chi connectivity index (χ3v) is 7.52. The van der Waals surface area contributed by atoms with Crippen molar-refractivity contribution >= 4 is 22.4 Å². The lowest BCUT2D eigenvalue weighted by atomic mass is 10.0. The number of nitrogens with one attached hydrogen (secondary N) is 1. The summed E-state index contributed by atoms with van der Waals surface area (Å²) in [6.07, 6.45) is 5.47. The van der Waals surface area contributed by atoms with E-state index in [2.05, 4.69) is 36.4 Å². The van der Waals surface area contributed by atoms with E-state index < -0.39 is 0 Å². The molecule has 1 N–H and O–H groups in total. The smallest absolute Gasteiger partial charge is 0.232 e. The third kappa shape index (κ3) is 4.07. The molecular formula is C25H29N7O. The minimum Gasteiger partial charge on any atom is -0.381 e. The second kappa shape index (κ2) is 8.40. The molecule has 3 aliphatic rings. The summed E-state index contributed by atoms with van der Waals surface area (Å²) < 4.78 is 7.35. The van der Waals surface area contributed by atoms with Gasteiger partial charge in [-0.2, -0.15) is 10.2 Å². The standard InChI is InChI=1S/C25H29N7O/c1-26-24-10-23(17-3-4-22-20(7-17)12-31(2)30-22)28-29-25(24)27-21-8-18-13-32(14-19(18)9-21)11-16-5-6-33-15-16/h3-4,7,10,12,16,18-19,21H,5-6,8-9,11,13-15H2,2H3,(H,27,29)/t16-,18-,19+,21?/m1/s1. The summed E-state index contributed by atoms with van der Waals surface area (Å²) in [6, 6.07) is 8.23. The number of fused-ring (bicyclic) bond motifs is 2. The van der Waals surface area contributed by atoms with Crippen LogP contribution >= 0.6 is 0 Å². The number of hydrogen-bond donors (Lipinski definition) is 1. The highest BCUT2D eigenvalue weighted by molar-refractivity contribution is 5.84. The Hall–Kier alpha value is -3.02. The Labute approximate surface area is 193 Å². The van der Waals surface area contributed by atoms with Gasteiger partial charge in [0.1, 0.15) is 0 Å². The van der Waals surface area contributed by atoms with Crippen LogP contribution in [0.2, 0.25) is 0 Å². The summed E-state index contributed by atoms with van der Waals surface area (Å²) >= 11 is 0. The minimum absolute atomic E-state index is 0.365. The highest BCUT2D eigenvalue weighted by Gasteiger charge is 2.41. The van der Waals surface area contributed by atoms with Crippen LogP contribution in [-0.2, 0) is 11.8 Å². The van der Waals surface area contributed by atoms with Gasteiger partial charge in [-0.3, -0.25) is 4.68 Å². The van der Waals surface area contributed by atoms with Crippen LogP contribution < -0.4 is 5.32 Å². The van der Waals surface area contributed by atoms with Crippen molar-refractivity contribution in [2.24, 2.45) is 24.8 Å². The van der Waals surface area contributed by atoms with Crippen molar-refractivity contribution in [3.63, 3.8) is 0 Å². The second-order valence-electron chi connectivity index (χ2n) is 9.93. The number of aryl methyl sites for hydroxylation is 1. The van der Waals surface area contributed by atoms with E-state index in [0.717, 1.165) is 54.4 Å². The van der Waals surface area contributed by atoms with E-state index in [-0.39, 0.29) is 0 Å². The largest absolute Gasteiger partial charge is 0.381 e. The normalized spacial score (nSPS) is 27.2. The van der Waals surface area contributed by atoms with Crippen LogP contribution in [0, 0.1) is 24.3 Å². The Bertz CT molecular complexity index is 1200. The van der Waals surface area contributed by atoms with E-state index in [1.807, 2.05) is 31.4 Å². The maximum atomic E-state index is 7.70. The number of ether oxygens (including phenoxy) is 1. The maximum Gasteiger partial charge on any atom is 0.232 e. The first-order valence-electron chi connectivity index (χ1n) is 11.9. The Kier molecular flexibility index (Phi) is 5.24. The van der Waals surface area contributed by atoms with Gasteiger partial charge >= 0.3 is 0 Å². The van der Waals surface area contributed by atoms with Gasteiger partial charge in [-0.05, 0) is 55.2 Å². The van der Waals surface area contributed by atoms with Gasteiger partial charge in [0.25, 0.3) is 0 Å². The summed E-state index contributed by atoms with van der Waals surface area (Å²) in [6.45, 7) is 13.1. The van der Waals surface area contributed by atoms with Crippen LogP contribution in [0.3, 0.4) is 0 Å². The predicted molar refractivity (Wildman–Crippen MR) is 127 cm³/mol. The number of hydrogen-bond acceptors (Lipinski definition) is 6. The van der Waals surface area contributed by atoms with E-state index in [1.54, 1.807) is 4.68 Å². The van der Waals surface area contributed by atoms with Gasteiger partial charge in [-0.1, -0.05) is 6.07 Å². The molecule has 1 saturated carbocycles. The second-order valence-corrected chi connectivity index (χ2v) is 9.93. The van der Waals surface area contributed by atoms with Crippen LogP contribution in [0.5, 0.6) is 0 Å². The van der Waals surface area contributed by atoms with Crippen LogP contribution in [0.1, 0.15) is 19.3 Å². The molecule has 4 heterocycles. The van der Waals surface area contributed by atoms with Gasteiger partial charge in [0.05, 0.1) is 24.4 Å². The number of nitrogens with zero attached hydrogens (tertiary/aromatic N) is 6. The summed E-state index contributed by atoms with van der Waals surface area (Å²) in [5, 5.41) is 17.9. The molecule has 170 valence electrons. The summed E-state index contributed by atoms with van der Waals surface area (Å²) in [7, 11) is 1.91. The molecular weight excluding hydrogens is 414 g/mol. The molecule has 1 aromatic carbocycles. The quantitative estimate of drug-likeness (QED) is 0.606. The lowest BCUT2D eigenvalue weighted by Gasteiger charge is -2.22. The Morgan fingerprint density at radius 1 is 1.18 bits per heavy atom. The molecule has 1 unspecified atom stereocenters. The molecule has 0 bridgehead atoms. The van der Waals surface area contributed by atoms with E-state index in [9.17, 15) is 0 Å². The lowest BCUT2D eigenvalue weighted by molar-refractivity contribution is 0.171. The zero-order valence-corrected chi connectivity index (χ0v) is 18.9. The molecule has 8 heteroatoms. The van der Waals surface area contributed by atoms with Gasteiger partial charge in [-0.15, -0.1) is 5.10 Å². The number of benzene rings is 1. The van der Waals surface area contributed by atoms with Crippen LogP contribution in [0.25, 0.3) is 27.0 Å². The fourth-order valence-electron chi connectivity index (χ4n) is 5.97. The van der Waals surface area contributed by atoms with Crippen molar-refractivity contribution in [3.05, 3.63) is 41.9 Å². The molecule has 2 aromatic heterocycles. The SMILES string of the molecule is [C-]#[N+]c1cc(-c2ccc3nn(C)cc3c2)nnc1NC1C[C@@H]2CN(C[C@H]3CCOC3)C[C@@H]2C1. The molecule has 0 amide bonds. The zero-order chi connectivity index (χ0) is 22.4. The molecule has 2 aliphatic heterocycles. The predicted octanol–water partition coefficient (Wildman–Crippen LogP) is 3.74. The average molecular weight is 444 g/mol. The number of likely N-dealkylation sites (tertiary alicyclic amines) is 1.